The minimum Gasteiger partial charge on any atom is -0.496 e. The normalized spacial score (nSPS) is 10.6. The zero-order valence-corrected chi connectivity index (χ0v) is 11.5. The molecule has 0 radical (unpaired) electrons. The Morgan fingerprint density at radius 3 is 2.94 bits per heavy atom. The Bertz CT molecular complexity index is 525. The van der Waals surface area contributed by atoms with E-state index in [2.05, 4.69) is 4.98 Å². The molecule has 18 heavy (non-hydrogen) atoms. The highest BCUT2D eigenvalue weighted by atomic mass is 35.5. The summed E-state index contributed by atoms with van der Waals surface area (Å²) in [5, 5.41) is 0.629. The number of aryl methyl sites for hydroxylation is 1. The van der Waals surface area contributed by atoms with Gasteiger partial charge >= 0.3 is 0 Å². The van der Waals surface area contributed by atoms with Crippen LogP contribution in [-0.4, -0.2) is 18.0 Å². The third kappa shape index (κ3) is 2.98. The molecule has 0 aliphatic rings. The zero-order chi connectivity index (χ0) is 13.0. The maximum absolute atomic E-state index is 5.98. The minimum atomic E-state index is 0.595. The van der Waals surface area contributed by atoms with Crippen molar-refractivity contribution in [3.05, 3.63) is 35.3 Å². The molecule has 0 aliphatic heterocycles. The van der Waals surface area contributed by atoms with Gasteiger partial charge < -0.3 is 9.15 Å². The number of alkyl halides is 1. The van der Waals surface area contributed by atoms with Crippen LogP contribution in [0.5, 0.6) is 5.75 Å². The summed E-state index contributed by atoms with van der Waals surface area (Å²) < 4.78 is 10.9. The molecule has 0 atom stereocenters. The van der Waals surface area contributed by atoms with Crippen LogP contribution >= 0.6 is 23.2 Å². The lowest BCUT2D eigenvalue weighted by Gasteiger charge is -2.05. The van der Waals surface area contributed by atoms with Crippen molar-refractivity contribution in [2.75, 3.05) is 13.0 Å². The Labute approximate surface area is 116 Å². The standard InChI is InChI=1S/C13H13Cl2NO2/c1-17-11-5-4-9(15)7-10(11)12-8-16-13(18-12)3-2-6-14/h4-5,7-8H,2-3,6H2,1H3. The van der Waals surface area contributed by atoms with Gasteiger partial charge in [-0.2, -0.15) is 0 Å². The van der Waals surface area contributed by atoms with E-state index in [9.17, 15) is 0 Å². The van der Waals surface area contributed by atoms with Gasteiger partial charge in [-0.05, 0) is 24.6 Å². The smallest absolute Gasteiger partial charge is 0.194 e. The fourth-order valence-electron chi connectivity index (χ4n) is 1.64. The van der Waals surface area contributed by atoms with Crippen molar-refractivity contribution in [2.24, 2.45) is 0 Å². The van der Waals surface area contributed by atoms with E-state index >= 15 is 0 Å². The molecule has 0 amide bonds. The van der Waals surface area contributed by atoms with Gasteiger partial charge in [-0.1, -0.05) is 11.6 Å². The second kappa shape index (κ2) is 6.12. The zero-order valence-electron chi connectivity index (χ0n) is 9.95. The number of nitrogens with zero attached hydrogens (tertiary/aromatic N) is 1. The number of oxazole rings is 1. The van der Waals surface area contributed by atoms with E-state index in [4.69, 9.17) is 32.4 Å². The highest BCUT2D eigenvalue weighted by molar-refractivity contribution is 6.30. The molecule has 96 valence electrons. The quantitative estimate of drug-likeness (QED) is 0.774. The van der Waals surface area contributed by atoms with Crippen LogP contribution < -0.4 is 4.74 Å². The number of halogens is 2. The fourth-order valence-corrected chi connectivity index (χ4v) is 1.95. The van der Waals surface area contributed by atoms with Gasteiger partial charge in [0.15, 0.2) is 11.7 Å². The van der Waals surface area contributed by atoms with Gasteiger partial charge in [0.1, 0.15) is 5.75 Å². The summed E-state index contributed by atoms with van der Waals surface area (Å²) in [6.45, 7) is 0. The van der Waals surface area contributed by atoms with E-state index in [1.807, 2.05) is 0 Å². The second-order valence-corrected chi connectivity index (χ2v) is 4.57. The van der Waals surface area contributed by atoms with E-state index < -0.39 is 0 Å². The molecule has 0 saturated carbocycles. The van der Waals surface area contributed by atoms with Crippen LogP contribution in [0.1, 0.15) is 12.3 Å². The Morgan fingerprint density at radius 1 is 1.39 bits per heavy atom. The summed E-state index contributed by atoms with van der Waals surface area (Å²) in [6, 6.07) is 5.37. The summed E-state index contributed by atoms with van der Waals surface area (Å²) in [7, 11) is 1.61. The van der Waals surface area contributed by atoms with Crippen molar-refractivity contribution in [3.8, 4) is 17.1 Å². The molecule has 0 N–H and O–H groups in total. The predicted octanol–water partition coefficient (Wildman–Crippen LogP) is 4.18. The van der Waals surface area contributed by atoms with Crippen LogP contribution in [0.4, 0.5) is 0 Å². The van der Waals surface area contributed by atoms with E-state index in [1.54, 1.807) is 31.5 Å². The number of aromatic nitrogens is 1. The topological polar surface area (TPSA) is 35.3 Å². The van der Waals surface area contributed by atoms with Crippen LogP contribution in [0.2, 0.25) is 5.02 Å². The summed E-state index contributed by atoms with van der Waals surface area (Å²) >= 11 is 11.6. The fraction of sp³-hybridized carbons (Fsp3) is 0.308. The maximum Gasteiger partial charge on any atom is 0.194 e. The van der Waals surface area contributed by atoms with Crippen molar-refractivity contribution in [1.82, 2.24) is 4.98 Å². The van der Waals surface area contributed by atoms with Gasteiger partial charge in [-0.3, -0.25) is 0 Å². The molecule has 0 spiro atoms. The van der Waals surface area contributed by atoms with Crippen LogP contribution in [0, 0.1) is 0 Å². The number of methoxy groups -OCH3 is 1. The first-order valence-corrected chi connectivity index (χ1v) is 6.50. The molecular weight excluding hydrogens is 273 g/mol. The van der Waals surface area contributed by atoms with Gasteiger partial charge in [0.2, 0.25) is 0 Å². The van der Waals surface area contributed by atoms with Gasteiger partial charge in [0.25, 0.3) is 0 Å². The third-order valence-electron chi connectivity index (χ3n) is 2.50. The lowest BCUT2D eigenvalue weighted by molar-refractivity contribution is 0.413. The van der Waals surface area contributed by atoms with Gasteiger partial charge in [0, 0.05) is 17.3 Å². The number of hydrogen-bond donors (Lipinski definition) is 0. The summed E-state index contributed by atoms with van der Waals surface area (Å²) in [5.74, 6) is 2.63. The lowest BCUT2D eigenvalue weighted by Crippen LogP contribution is -1.87. The average Bonchev–Trinajstić information content (AvgIpc) is 2.85. The molecule has 1 aromatic heterocycles. The number of ether oxygens (including phenoxy) is 1. The van der Waals surface area contributed by atoms with E-state index in [0.29, 0.717) is 28.3 Å². The SMILES string of the molecule is COc1ccc(Cl)cc1-c1cnc(CCCCl)o1. The first-order chi connectivity index (χ1) is 8.74. The molecule has 1 heterocycles. The Balaban J connectivity index is 2.30. The first kappa shape index (κ1) is 13.2. The number of rotatable bonds is 5. The molecule has 0 aliphatic carbocycles. The van der Waals surface area contributed by atoms with Gasteiger partial charge in [-0.25, -0.2) is 4.98 Å². The minimum absolute atomic E-state index is 0.595. The van der Waals surface area contributed by atoms with Crippen molar-refractivity contribution in [3.63, 3.8) is 0 Å². The van der Waals surface area contributed by atoms with Gasteiger partial charge in [-0.15, -0.1) is 11.6 Å². The van der Waals surface area contributed by atoms with Crippen molar-refractivity contribution >= 4 is 23.2 Å². The van der Waals surface area contributed by atoms with E-state index in [1.165, 1.54) is 0 Å². The molecule has 5 heteroatoms. The molecule has 0 bridgehead atoms. The van der Waals surface area contributed by atoms with Crippen molar-refractivity contribution in [2.45, 2.75) is 12.8 Å². The molecule has 2 aromatic rings. The third-order valence-corrected chi connectivity index (χ3v) is 3.01. The summed E-state index contributed by atoms with van der Waals surface area (Å²) in [4.78, 5) is 4.21. The summed E-state index contributed by atoms with van der Waals surface area (Å²) in [5.41, 5.74) is 0.801. The molecular formula is C13H13Cl2NO2. The maximum atomic E-state index is 5.98. The Hall–Kier alpha value is -1.19. The molecule has 0 fully saturated rings. The lowest BCUT2D eigenvalue weighted by atomic mass is 10.1. The van der Waals surface area contributed by atoms with Gasteiger partial charge in [0.05, 0.1) is 18.9 Å². The second-order valence-electron chi connectivity index (χ2n) is 3.76. The average molecular weight is 286 g/mol. The Kier molecular flexibility index (Phi) is 4.50. The number of benzene rings is 1. The van der Waals surface area contributed by atoms with Crippen LogP contribution in [0.3, 0.4) is 0 Å². The Morgan fingerprint density at radius 2 is 2.22 bits per heavy atom. The van der Waals surface area contributed by atoms with Crippen LogP contribution in [0.15, 0.2) is 28.8 Å². The largest absolute Gasteiger partial charge is 0.496 e. The molecule has 3 nitrogen and oxygen atoms in total. The molecule has 1 aromatic carbocycles. The highest BCUT2D eigenvalue weighted by Crippen LogP contribution is 2.32. The van der Waals surface area contributed by atoms with Crippen molar-refractivity contribution in [1.29, 1.82) is 0 Å². The monoisotopic (exact) mass is 285 g/mol. The first-order valence-electron chi connectivity index (χ1n) is 5.59. The van der Waals surface area contributed by atoms with Crippen molar-refractivity contribution < 1.29 is 9.15 Å². The van der Waals surface area contributed by atoms with E-state index in [0.717, 1.165) is 18.4 Å². The summed E-state index contributed by atoms with van der Waals surface area (Å²) in [6.07, 6.45) is 3.25. The molecule has 0 saturated heterocycles. The van der Waals surface area contributed by atoms with Crippen LogP contribution in [0.25, 0.3) is 11.3 Å². The molecule has 2 rings (SSSR count). The van der Waals surface area contributed by atoms with E-state index in [-0.39, 0.29) is 0 Å². The predicted molar refractivity (Wildman–Crippen MR) is 72.5 cm³/mol. The highest BCUT2D eigenvalue weighted by Gasteiger charge is 2.12. The molecule has 0 unspecified atom stereocenters. The number of hydrogen-bond acceptors (Lipinski definition) is 3. The van der Waals surface area contributed by atoms with Crippen LogP contribution in [-0.2, 0) is 6.42 Å².